The Bertz CT molecular complexity index is 497. The summed E-state index contributed by atoms with van der Waals surface area (Å²) in [4.78, 5) is 13.8. The lowest BCUT2D eigenvalue weighted by atomic mass is 10.1. The molecule has 1 aliphatic rings. The minimum Gasteiger partial charge on any atom is -0.444 e. The van der Waals surface area contributed by atoms with Crippen molar-refractivity contribution in [3.63, 3.8) is 0 Å². The molecule has 1 N–H and O–H groups in total. The first-order chi connectivity index (χ1) is 9.95. The Morgan fingerprint density at radius 2 is 1.95 bits per heavy atom. The Morgan fingerprint density at radius 3 is 2.52 bits per heavy atom. The monoisotopic (exact) mass is 318 g/mol. The van der Waals surface area contributed by atoms with Crippen molar-refractivity contribution in [2.45, 2.75) is 25.5 Å². The van der Waals surface area contributed by atoms with Crippen molar-refractivity contribution >= 4 is 17.7 Å². The average molecular weight is 319 g/mol. The summed E-state index contributed by atoms with van der Waals surface area (Å²) >= 11 is 5.52. The summed E-state index contributed by atoms with van der Waals surface area (Å²) in [7, 11) is 2.01. The fraction of sp³-hybridized carbons (Fsp3) is 0.500. The number of carbonyl (C=O) groups is 1. The number of hydrogen-bond donors (Lipinski definition) is 1. The van der Waals surface area contributed by atoms with Crippen molar-refractivity contribution in [2.75, 3.05) is 20.1 Å². The van der Waals surface area contributed by atoms with Gasteiger partial charge in [0.2, 0.25) is 0 Å². The number of halogens is 3. The molecule has 0 bridgehead atoms. The lowest BCUT2D eigenvalue weighted by Crippen LogP contribution is -2.43. The van der Waals surface area contributed by atoms with Crippen molar-refractivity contribution in [3.8, 4) is 0 Å². The predicted octanol–water partition coefficient (Wildman–Crippen LogP) is 2.94. The molecule has 1 fully saturated rings. The number of alkyl carbamates (subject to hydrolysis) is 1. The summed E-state index contributed by atoms with van der Waals surface area (Å²) < 4.78 is 31.9. The largest absolute Gasteiger partial charge is 0.444 e. The molecule has 21 heavy (non-hydrogen) atoms. The quantitative estimate of drug-likeness (QED) is 0.931. The van der Waals surface area contributed by atoms with Crippen LogP contribution in [-0.4, -0.2) is 37.2 Å². The smallest absolute Gasteiger partial charge is 0.407 e. The molecule has 1 saturated heterocycles. The van der Waals surface area contributed by atoms with Crippen LogP contribution in [0.15, 0.2) is 12.1 Å². The van der Waals surface area contributed by atoms with Crippen LogP contribution in [0.25, 0.3) is 0 Å². The minimum absolute atomic E-state index is 0.0358. The first kappa shape index (κ1) is 16.0. The van der Waals surface area contributed by atoms with Crippen LogP contribution in [-0.2, 0) is 11.3 Å². The third kappa shape index (κ3) is 4.54. The molecule has 0 atom stereocenters. The standard InChI is InChI=1S/C14H17ClF2N2O2/c1-19-4-2-10(3-5-19)18-14(20)21-8-11-12(16)6-9(15)7-13(11)17/h6-7,10H,2-5,8H2,1H3,(H,18,20). The number of rotatable bonds is 3. The molecule has 116 valence electrons. The zero-order valence-corrected chi connectivity index (χ0v) is 12.4. The fourth-order valence-corrected chi connectivity index (χ4v) is 2.40. The molecule has 0 radical (unpaired) electrons. The van der Waals surface area contributed by atoms with Gasteiger partial charge in [0.05, 0.1) is 5.56 Å². The van der Waals surface area contributed by atoms with E-state index in [1.54, 1.807) is 0 Å². The van der Waals surface area contributed by atoms with Gasteiger partial charge in [-0.05, 0) is 45.1 Å². The molecule has 7 heteroatoms. The molecule has 1 aliphatic heterocycles. The highest BCUT2D eigenvalue weighted by Gasteiger charge is 2.19. The second-order valence-electron chi connectivity index (χ2n) is 5.15. The normalized spacial score (nSPS) is 16.8. The highest BCUT2D eigenvalue weighted by molar-refractivity contribution is 6.30. The van der Waals surface area contributed by atoms with Crippen LogP contribution in [0.3, 0.4) is 0 Å². The van der Waals surface area contributed by atoms with Gasteiger partial charge in [-0.25, -0.2) is 13.6 Å². The molecule has 1 aromatic rings. The average Bonchev–Trinajstić information content (AvgIpc) is 2.40. The van der Waals surface area contributed by atoms with Crippen LogP contribution in [0.2, 0.25) is 5.02 Å². The van der Waals surface area contributed by atoms with Crippen LogP contribution < -0.4 is 5.32 Å². The number of amides is 1. The lowest BCUT2D eigenvalue weighted by molar-refractivity contribution is 0.127. The Hall–Kier alpha value is -1.40. The zero-order chi connectivity index (χ0) is 15.4. The number of piperidine rings is 1. The molecule has 1 amide bonds. The first-order valence-electron chi connectivity index (χ1n) is 6.71. The van der Waals surface area contributed by atoms with E-state index in [2.05, 4.69) is 10.2 Å². The Labute approximate surface area is 127 Å². The number of carbonyl (C=O) groups excluding carboxylic acids is 1. The molecule has 0 aliphatic carbocycles. The van der Waals surface area contributed by atoms with Gasteiger partial charge in [0.1, 0.15) is 18.2 Å². The van der Waals surface area contributed by atoms with Gasteiger partial charge < -0.3 is 15.0 Å². The third-order valence-corrected chi connectivity index (χ3v) is 3.71. The van der Waals surface area contributed by atoms with E-state index in [4.69, 9.17) is 16.3 Å². The Kier molecular flexibility index (Phi) is 5.36. The van der Waals surface area contributed by atoms with Gasteiger partial charge >= 0.3 is 6.09 Å². The summed E-state index contributed by atoms with van der Waals surface area (Å²) in [6.45, 7) is 1.32. The number of nitrogens with one attached hydrogen (secondary N) is 1. The van der Waals surface area contributed by atoms with Crippen molar-refractivity contribution in [1.29, 1.82) is 0 Å². The van der Waals surface area contributed by atoms with Gasteiger partial charge in [-0.3, -0.25) is 0 Å². The predicted molar refractivity (Wildman–Crippen MR) is 75.2 cm³/mol. The van der Waals surface area contributed by atoms with Gasteiger partial charge in [0.25, 0.3) is 0 Å². The molecule has 1 aromatic carbocycles. The number of nitrogens with zero attached hydrogens (tertiary/aromatic N) is 1. The van der Waals surface area contributed by atoms with Gasteiger partial charge in [-0.2, -0.15) is 0 Å². The van der Waals surface area contributed by atoms with Crippen LogP contribution in [0.1, 0.15) is 18.4 Å². The number of hydrogen-bond acceptors (Lipinski definition) is 3. The van der Waals surface area contributed by atoms with Gasteiger partial charge in [-0.15, -0.1) is 0 Å². The molecule has 4 nitrogen and oxygen atoms in total. The summed E-state index contributed by atoms with van der Waals surface area (Å²) in [5.41, 5.74) is -0.307. The fourth-order valence-electron chi connectivity index (χ4n) is 2.21. The number of likely N-dealkylation sites (tertiary alicyclic amines) is 1. The number of ether oxygens (including phenoxy) is 1. The molecule has 2 rings (SSSR count). The summed E-state index contributed by atoms with van der Waals surface area (Å²) in [6.07, 6.45) is 0.989. The van der Waals surface area contributed by atoms with E-state index >= 15 is 0 Å². The highest BCUT2D eigenvalue weighted by atomic mass is 35.5. The van der Waals surface area contributed by atoms with Crippen molar-refractivity contribution in [1.82, 2.24) is 10.2 Å². The van der Waals surface area contributed by atoms with Crippen LogP contribution in [0, 0.1) is 11.6 Å². The van der Waals surface area contributed by atoms with E-state index in [-0.39, 0.29) is 16.6 Å². The summed E-state index contributed by atoms with van der Waals surface area (Å²) in [5.74, 6) is -1.65. The lowest BCUT2D eigenvalue weighted by Gasteiger charge is -2.29. The molecule has 0 unspecified atom stereocenters. The van der Waals surface area contributed by atoms with Crippen molar-refractivity contribution < 1.29 is 18.3 Å². The maximum absolute atomic E-state index is 13.5. The summed E-state index contributed by atoms with van der Waals surface area (Å²) in [6, 6.07) is 2.00. The van der Waals surface area contributed by atoms with Crippen LogP contribution >= 0.6 is 11.6 Å². The van der Waals surface area contributed by atoms with E-state index < -0.39 is 24.3 Å². The molecule has 0 aromatic heterocycles. The maximum atomic E-state index is 13.5. The van der Waals surface area contributed by atoms with E-state index in [0.29, 0.717) is 0 Å². The zero-order valence-electron chi connectivity index (χ0n) is 11.7. The van der Waals surface area contributed by atoms with E-state index in [0.717, 1.165) is 38.1 Å². The SMILES string of the molecule is CN1CCC(NC(=O)OCc2c(F)cc(Cl)cc2F)CC1. The molecular weight excluding hydrogens is 302 g/mol. The van der Waals surface area contributed by atoms with Crippen LogP contribution in [0.5, 0.6) is 0 Å². The topological polar surface area (TPSA) is 41.6 Å². The van der Waals surface area contributed by atoms with Gasteiger partial charge in [-0.1, -0.05) is 11.6 Å². The second-order valence-corrected chi connectivity index (χ2v) is 5.58. The first-order valence-corrected chi connectivity index (χ1v) is 7.08. The van der Waals surface area contributed by atoms with Gasteiger partial charge in [0, 0.05) is 11.1 Å². The molecule has 0 saturated carbocycles. The van der Waals surface area contributed by atoms with Crippen molar-refractivity contribution in [3.05, 3.63) is 34.4 Å². The molecular formula is C14H17ClF2N2O2. The van der Waals surface area contributed by atoms with E-state index in [1.165, 1.54) is 0 Å². The van der Waals surface area contributed by atoms with E-state index in [9.17, 15) is 13.6 Å². The molecule has 0 spiro atoms. The maximum Gasteiger partial charge on any atom is 0.407 e. The van der Waals surface area contributed by atoms with Crippen molar-refractivity contribution in [2.24, 2.45) is 0 Å². The highest BCUT2D eigenvalue weighted by Crippen LogP contribution is 2.19. The van der Waals surface area contributed by atoms with Gasteiger partial charge in [0.15, 0.2) is 0 Å². The Morgan fingerprint density at radius 1 is 1.38 bits per heavy atom. The molecule has 1 heterocycles. The van der Waals surface area contributed by atoms with Crippen LogP contribution in [0.4, 0.5) is 13.6 Å². The minimum atomic E-state index is -0.827. The summed E-state index contributed by atoms with van der Waals surface area (Å²) in [5, 5.41) is 2.66. The number of benzene rings is 1. The second kappa shape index (κ2) is 7.04. The Balaban J connectivity index is 1.84. The third-order valence-electron chi connectivity index (χ3n) is 3.49. The van der Waals surface area contributed by atoms with E-state index in [1.807, 2.05) is 7.05 Å².